The van der Waals surface area contributed by atoms with Crippen LogP contribution in [0.4, 0.5) is 0 Å². The average Bonchev–Trinajstić information content (AvgIpc) is 1.55. The molecule has 10 heteroatoms. The van der Waals surface area contributed by atoms with Crippen LogP contribution < -0.4 is 5.32 Å². The number of aliphatic hydroxyl groups excluding tert-OH is 1. The number of aliphatic imine (C=N–C) groups is 3. The highest BCUT2D eigenvalue weighted by molar-refractivity contribution is 6.26. The summed E-state index contributed by atoms with van der Waals surface area (Å²) in [7, 11) is 1.18. The Balaban J connectivity index is 0.951. The lowest BCUT2D eigenvalue weighted by atomic mass is 9.83. The molecule has 0 radical (unpaired) electrons. The van der Waals surface area contributed by atoms with Crippen LogP contribution in [0.2, 0.25) is 0 Å². The van der Waals surface area contributed by atoms with Crippen LogP contribution in [0.3, 0.4) is 0 Å². The molecule has 3 N–H and O–H groups in total. The summed E-state index contributed by atoms with van der Waals surface area (Å²) in [5.74, 6) is -2.65. The summed E-state index contributed by atoms with van der Waals surface area (Å²) in [6.07, 6.45) is 47.4. The maximum Gasteiger partial charge on any atom is 0.350 e. The van der Waals surface area contributed by atoms with E-state index in [4.69, 9.17) is 24.5 Å². The summed E-state index contributed by atoms with van der Waals surface area (Å²) in [5.41, 5.74) is 20.2. The molecule has 5 heterocycles. The zero-order chi connectivity index (χ0) is 65.8. The van der Waals surface area contributed by atoms with Crippen molar-refractivity contribution in [1.82, 2.24) is 5.32 Å². The molecule has 0 saturated carbocycles. The van der Waals surface area contributed by atoms with E-state index in [2.05, 4.69) is 144 Å². The van der Waals surface area contributed by atoms with Crippen LogP contribution in [-0.4, -0.2) is 58.6 Å². The average molecular weight is 1220 g/mol. The van der Waals surface area contributed by atoms with Crippen LogP contribution >= 0.6 is 0 Å². The summed E-state index contributed by atoms with van der Waals surface area (Å²) in [5, 5.41) is 28.1. The van der Waals surface area contributed by atoms with E-state index in [1.165, 1.54) is 58.1 Å². The monoisotopic (exact) mass is 1220 g/mol. The number of nitrogens with one attached hydrogen (secondary N) is 1. The number of nitrogens with zero attached hydrogens (tertiary/aromatic N) is 3. The Bertz CT molecular complexity index is 3430. The van der Waals surface area contributed by atoms with Crippen molar-refractivity contribution >= 4 is 29.1 Å². The molecule has 1 saturated heterocycles. The van der Waals surface area contributed by atoms with Crippen molar-refractivity contribution in [2.75, 3.05) is 13.7 Å². The molecule has 90 heavy (non-hydrogen) atoms. The smallest absolute Gasteiger partial charge is 0.350 e. The second-order valence-electron chi connectivity index (χ2n) is 26.3. The summed E-state index contributed by atoms with van der Waals surface area (Å²) >= 11 is 0. The van der Waals surface area contributed by atoms with Gasteiger partial charge in [0, 0.05) is 46.4 Å². The maximum absolute atomic E-state index is 13.8. The van der Waals surface area contributed by atoms with Crippen molar-refractivity contribution in [2.45, 2.75) is 231 Å². The van der Waals surface area contributed by atoms with Gasteiger partial charge in [-0.25, -0.2) is 19.8 Å². The van der Waals surface area contributed by atoms with E-state index < -0.39 is 23.2 Å². The van der Waals surface area contributed by atoms with Crippen LogP contribution in [0.1, 0.15) is 226 Å². The minimum Gasteiger partial charge on any atom is -0.507 e. The molecule has 6 aliphatic rings. The van der Waals surface area contributed by atoms with Crippen molar-refractivity contribution in [3.8, 4) is 0 Å². The van der Waals surface area contributed by atoms with E-state index in [0.29, 0.717) is 23.4 Å². The molecule has 0 aromatic heterocycles. The number of esters is 2. The van der Waals surface area contributed by atoms with Crippen LogP contribution in [-0.2, 0) is 19.1 Å². The molecule has 1 aliphatic carbocycles. The third kappa shape index (κ3) is 19.2. The van der Waals surface area contributed by atoms with Gasteiger partial charge in [-0.3, -0.25) is 4.79 Å². The first kappa shape index (κ1) is 71.9. The standard InChI is InChI=1S/C80H108N4O6/c1-18-64-60(13)67-48-69-62(15)66(76(83-69)75-77-74(78(86)80(75,88)79(87)89-17)63(16)70(84-77)50-72-65(19-2)61(14)68(82-72)49-71(64)81-67)44-45-73(85)90-47-46-59(12)43-27-42-58(11)41-26-40-57(10)39-25-38-56(9)37-24-36-55(8)35-23-34-54(7)33-22-32-53(6)31-21-30-52(5)29-20-28-51(3)4/h18,28,30,32,34,36,38,40,42,46,48-50,62,66,83,86,88H,1,19-27,29,31,33,35,37,39,41,43-45,47H2,2-17H3/b52-30+,53-32+,54-34+,55-36+,56-38+,57-40+,58-42+,59-46+,69-48?,71-49?,72-50?,76-75?/t62-,66-,80-/m0/s1. The lowest BCUT2D eigenvalue weighted by Crippen LogP contribution is -2.44. The predicted octanol–water partition coefficient (Wildman–Crippen LogP) is 20.5. The van der Waals surface area contributed by atoms with Gasteiger partial charge in [-0.15, -0.1) is 0 Å². The molecule has 0 amide bonds. The van der Waals surface area contributed by atoms with Gasteiger partial charge in [0.05, 0.1) is 41.3 Å². The lowest BCUT2D eigenvalue weighted by Gasteiger charge is -2.26. The van der Waals surface area contributed by atoms with Crippen molar-refractivity contribution in [1.29, 1.82) is 0 Å². The van der Waals surface area contributed by atoms with E-state index in [-0.39, 0.29) is 41.8 Å². The number of rotatable bonds is 32. The highest BCUT2D eigenvalue weighted by Gasteiger charge is 2.59. The fraction of sp³-hybridized carbons (Fsp3) is 0.487. The summed E-state index contributed by atoms with van der Waals surface area (Å²) in [4.78, 5) is 42.6. The number of fused-ring (bicyclic) bond motifs is 5. The number of allylic oxidation sites excluding steroid dienone is 28. The van der Waals surface area contributed by atoms with Gasteiger partial charge in [-0.05, 0) is 252 Å². The van der Waals surface area contributed by atoms with Crippen molar-refractivity contribution in [3.05, 3.63) is 209 Å². The first-order valence-electron chi connectivity index (χ1n) is 33.4. The van der Waals surface area contributed by atoms with Gasteiger partial charge >= 0.3 is 11.9 Å². The summed E-state index contributed by atoms with van der Waals surface area (Å²) < 4.78 is 11.0. The molecular weight excluding hydrogens is 1110 g/mol. The quantitative estimate of drug-likeness (QED) is 0.0450. The number of hydrogen-bond donors (Lipinski definition) is 3. The number of methoxy groups -OCH3 is 1. The molecule has 10 nitrogen and oxygen atoms in total. The first-order valence-corrected chi connectivity index (χ1v) is 33.4. The highest BCUT2D eigenvalue weighted by Crippen LogP contribution is 2.51. The SMILES string of the molecule is C=CC1=C(C)C2=NC1=CC1=NC(=CC3=C(C)C4=C(O)[C@](O)(C(=O)OC)C(=C5NC(=C2)[C@@H](C)[C@@H]5CCC(=O)OC/C=C(\C)CC/C=C(\C)CC/C=C(\C)CC/C=C(\C)CC/C=C(\C)CC/C=C(\C)CC/C=C(\C)CC/C=C(\C)CCC=C(C)C)C4=N3)C(CC)=C1C. The molecule has 0 aromatic rings. The van der Waals surface area contributed by atoms with Crippen LogP contribution in [0.15, 0.2) is 224 Å². The molecule has 0 unspecified atom stereocenters. The van der Waals surface area contributed by atoms with Gasteiger partial charge in [0.2, 0.25) is 5.60 Å². The molecule has 484 valence electrons. The van der Waals surface area contributed by atoms with Crippen LogP contribution in [0, 0.1) is 11.8 Å². The normalized spacial score (nSPS) is 21.1. The van der Waals surface area contributed by atoms with Crippen LogP contribution in [0.5, 0.6) is 0 Å². The third-order valence-corrected chi connectivity index (χ3v) is 18.6. The van der Waals surface area contributed by atoms with E-state index in [9.17, 15) is 19.8 Å². The van der Waals surface area contributed by atoms with Gasteiger partial charge in [-0.1, -0.05) is 125 Å². The Labute approximate surface area is 541 Å². The Kier molecular flexibility index (Phi) is 27.4. The molecule has 5 aliphatic heterocycles. The van der Waals surface area contributed by atoms with Gasteiger partial charge in [-0.2, -0.15) is 0 Å². The van der Waals surface area contributed by atoms with Crippen molar-refractivity contribution in [2.24, 2.45) is 26.8 Å². The number of carbonyl (C=O) groups excluding carboxylic acids is 2. The lowest BCUT2D eigenvalue weighted by molar-refractivity contribution is -0.156. The summed E-state index contributed by atoms with van der Waals surface area (Å²) in [6.45, 7) is 36.6. The van der Waals surface area contributed by atoms with Gasteiger partial charge < -0.3 is 25.0 Å². The third-order valence-electron chi connectivity index (χ3n) is 18.6. The number of aliphatic hydroxyl groups is 2. The zero-order valence-corrected chi connectivity index (χ0v) is 57.9. The zero-order valence-electron chi connectivity index (χ0n) is 57.9. The Hall–Kier alpha value is -7.17. The van der Waals surface area contributed by atoms with Gasteiger partial charge in [0.15, 0.2) is 5.76 Å². The second-order valence-corrected chi connectivity index (χ2v) is 26.3. The largest absolute Gasteiger partial charge is 0.507 e. The van der Waals surface area contributed by atoms with Crippen molar-refractivity contribution < 1.29 is 29.3 Å². The minimum absolute atomic E-state index is 0.0646. The molecule has 0 aromatic carbocycles. The van der Waals surface area contributed by atoms with E-state index in [1.807, 2.05) is 51.2 Å². The van der Waals surface area contributed by atoms with Gasteiger partial charge in [0.1, 0.15) is 6.61 Å². The van der Waals surface area contributed by atoms with Crippen molar-refractivity contribution in [3.63, 3.8) is 0 Å². The molecule has 6 rings (SSSR count). The molecule has 3 atom stereocenters. The van der Waals surface area contributed by atoms with E-state index in [1.54, 1.807) is 0 Å². The fourth-order valence-electron chi connectivity index (χ4n) is 12.7. The highest BCUT2D eigenvalue weighted by atomic mass is 16.5. The van der Waals surface area contributed by atoms with E-state index in [0.717, 1.165) is 159 Å². The second kappa shape index (κ2) is 34.3. The number of ether oxygens (including phenoxy) is 2. The van der Waals surface area contributed by atoms with Gasteiger partial charge in [0.25, 0.3) is 0 Å². The molecular formula is C80H108N4O6. The first-order chi connectivity index (χ1) is 42.9. The fourth-order valence-corrected chi connectivity index (χ4v) is 12.7. The number of carbonyl (C=O) groups is 2. The predicted molar refractivity (Wildman–Crippen MR) is 378 cm³/mol. The maximum atomic E-state index is 13.8. The topological polar surface area (TPSA) is 142 Å². The number of hydrogen-bond acceptors (Lipinski definition) is 10. The van der Waals surface area contributed by atoms with E-state index >= 15 is 0 Å². The Morgan fingerprint density at radius 3 is 1.49 bits per heavy atom. The Morgan fingerprint density at radius 2 is 1.04 bits per heavy atom. The molecule has 8 bridgehead atoms. The molecule has 1 fully saturated rings. The minimum atomic E-state index is -2.57. The van der Waals surface area contributed by atoms with Crippen LogP contribution in [0.25, 0.3) is 0 Å². The Morgan fingerprint density at radius 1 is 0.600 bits per heavy atom. The summed E-state index contributed by atoms with van der Waals surface area (Å²) in [6, 6.07) is 0. The molecule has 0 spiro atoms.